The van der Waals surface area contributed by atoms with Crippen molar-refractivity contribution < 1.29 is 9.59 Å². The van der Waals surface area contributed by atoms with Gasteiger partial charge >= 0.3 is 0 Å². The molecule has 1 aliphatic carbocycles. The van der Waals surface area contributed by atoms with Gasteiger partial charge in [0.1, 0.15) is 0 Å². The molecule has 0 aliphatic heterocycles. The van der Waals surface area contributed by atoms with E-state index < -0.39 is 0 Å². The summed E-state index contributed by atoms with van der Waals surface area (Å²) < 4.78 is 0. The number of nitrogens with one attached hydrogen (secondary N) is 3. The predicted molar refractivity (Wildman–Crippen MR) is 123 cm³/mol. The molecule has 2 rings (SSSR count). The molecule has 0 heterocycles. The number of hydrogen-bond acceptors (Lipinski definition) is 3. The van der Waals surface area contributed by atoms with E-state index in [1.165, 1.54) is 19.3 Å². The maximum Gasteiger partial charge on any atom is 0.253 e. The zero-order chi connectivity index (χ0) is 19.6. The van der Waals surface area contributed by atoms with Crippen LogP contribution in [0.15, 0.2) is 29.3 Å². The highest BCUT2D eigenvalue weighted by atomic mass is 127. The van der Waals surface area contributed by atoms with Crippen molar-refractivity contribution in [3.05, 3.63) is 35.4 Å². The Hall–Kier alpha value is -1.84. The van der Waals surface area contributed by atoms with Crippen molar-refractivity contribution in [1.29, 1.82) is 0 Å². The number of hydrogen-bond donors (Lipinski definition) is 3. The zero-order valence-corrected chi connectivity index (χ0v) is 19.3. The fourth-order valence-electron chi connectivity index (χ4n) is 3.12. The lowest BCUT2D eigenvalue weighted by atomic mass is 9.95. The second-order valence-corrected chi connectivity index (χ2v) is 7.08. The Balaban J connectivity index is 0.00000392. The molecule has 0 unspecified atom stereocenters. The van der Waals surface area contributed by atoms with Crippen molar-refractivity contribution >= 4 is 41.8 Å². The van der Waals surface area contributed by atoms with Gasteiger partial charge in [-0.15, -0.1) is 24.0 Å². The molecule has 8 heteroatoms. The maximum atomic E-state index is 12.1. The summed E-state index contributed by atoms with van der Waals surface area (Å²) in [5.74, 6) is 0.551. The van der Waals surface area contributed by atoms with E-state index >= 15 is 0 Å². The zero-order valence-electron chi connectivity index (χ0n) is 17.0. The second-order valence-electron chi connectivity index (χ2n) is 7.08. The molecule has 156 valence electrons. The van der Waals surface area contributed by atoms with Crippen LogP contribution < -0.4 is 16.0 Å². The average molecular weight is 501 g/mol. The molecule has 28 heavy (non-hydrogen) atoms. The topological polar surface area (TPSA) is 85.8 Å². The van der Waals surface area contributed by atoms with Gasteiger partial charge in [-0.1, -0.05) is 31.4 Å². The van der Waals surface area contributed by atoms with Crippen LogP contribution in [0.25, 0.3) is 0 Å². The van der Waals surface area contributed by atoms with Crippen molar-refractivity contribution in [2.45, 2.75) is 44.7 Å². The van der Waals surface area contributed by atoms with E-state index in [-0.39, 0.29) is 42.3 Å². The van der Waals surface area contributed by atoms with Gasteiger partial charge in [-0.25, -0.2) is 0 Å². The van der Waals surface area contributed by atoms with Gasteiger partial charge in [0.2, 0.25) is 5.91 Å². The Morgan fingerprint density at radius 2 is 1.71 bits per heavy atom. The van der Waals surface area contributed by atoms with E-state index in [1.54, 1.807) is 26.0 Å². The largest absolute Gasteiger partial charge is 0.352 e. The van der Waals surface area contributed by atoms with Crippen LogP contribution in [0.5, 0.6) is 0 Å². The first-order valence-corrected chi connectivity index (χ1v) is 9.54. The highest BCUT2D eigenvalue weighted by molar-refractivity contribution is 14.0. The molecule has 1 aromatic rings. The highest BCUT2D eigenvalue weighted by Crippen LogP contribution is 2.17. The summed E-state index contributed by atoms with van der Waals surface area (Å²) in [7, 11) is 5.14. The number of benzene rings is 1. The molecule has 1 aliphatic rings. The predicted octanol–water partition coefficient (Wildman–Crippen LogP) is 2.12. The number of halogens is 1. The summed E-state index contributed by atoms with van der Waals surface area (Å²) in [6.07, 6.45) is 5.81. The van der Waals surface area contributed by atoms with E-state index in [9.17, 15) is 9.59 Å². The smallest absolute Gasteiger partial charge is 0.253 e. The van der Waals surface area contributed by atoms with Crippen LogP contribution in [0.4, 0.5) is 0 Å². The van der Waals surface area contributed by atoms with Crippen LogP contribution in [-0.4, -0.2) is 56.4 Å². The van der Waals surface area contributed by atoms with E-state index in [0.29, 0.717) is 24.1 Å². The molecule has 0 atom stereocenters. The van der Waals surface area contributed by atoms with Gasteiger partial charge in [-0.3, -0.25) is 14.6 Å². The fourth-order valence-corrected chi connectivity index (χ4v) is 3.12. The Morgan fingerprint density at radius 3 is 2.29 bits per heavy atom. The van der Waals surface area contributed by atoms with Crippen molar-refractivity contribution in [2.75, 3.05) is 27.7 Å². The van der Waals surface area contributed by atoms with E-state index in [2.05, 4.69) is 20.9 Å². The first-order chi connectivity index (χ1) is 13.0. The minimum absolute atomic E-state index is 0. The van der Waals surface area contributed by atoms with Gasteiger partial charge < -0.3 is 20.9 Å². The van der Waals surface area contributed by atoms with Crippen molar-refractivity contribution in [1.82, 2.24) is 20.9 Å². The molecule has 2 amide bonds. The molecule has 0 aromatic heterocycles. The van der Waals surface area contributed by atoms with Crippen molar-refractivity contribution in [3.63, 3.8) is 0 Å². The summed E-state index contributed by atoms with van der Waals surface area (Å²) in [5, 5.41) is 9.30. The number of carbonyl (C=O) groups excluding carboxylic acids is 2. The molecule has 1 aromatic carbocycles. The minimum Gasteiger partial charge on any atom is -0.352 e. The molecule has 0 radical (unpaired) electrons. The maximum absolute atomic E-state index is 12.1. The number of amides is 2. The van der Waals surface area contributed by atoms with Gasteiger partial charge in [-0.05, 0) is 30.5 Å². The van der Waals surface area contributed by atoms with Crippen molar-refractivity contribution in [2.24, 2.45) is 4.99 Å². The molecule has 0 saturated heterocycles. The van der Waals surface area contributed by atoms with E-state index in [1.807, 2.05) is 24.3 Å². The van der Waals surface area contributed by atoms with Gasteiger partial charge in [0.15, 0.2) is 5.96 Å². The standard InChI is InChI=1S/C20H31N5O2.HI/c1-21-20(23-14-18(26)24-17-7-5-4-6-8-17)22-13-15-9-11-16(12-10-15)19(27)25(2)3;/h9-12,17H,4-8,13-14H2,1-3H3,(H,24,26)(H2,21,22,23);1H. The number of aliphatic imine (C=N–C) groups is 1. The van der Waals surface area contributed by atoms with Crippen LogP contribution in [0.2, 0.25) is 0 Å². The molecule has 1 fully saturated rings. The number of rotatable bonds is 6. The summed E-state index contributed by atoms with van der Waals surface area (Å²) in [6.45, 7) is 0.757. The Bertz CT molecular complexity index is 655. The normalized spacial score (nSPS) is 14.6. The molecule has 1 saturated carbocycles. The lowest BCUT2D eigenvalue weighted by molar-refractivity contribution is -0.120. The summed E-state index contributed by atoms with van der Waals surface area (Å²) in [5.41, 5.74) is 1.69. The van der Waals surface area contributed by atoms with Gasteiger partial charge in [0.05, 0.1) is 6.54 Å². The average Bonchev–Trinajstić information content (AvgIpc) is 2.68. The highest BCUT2D eigenvalue weighted by Gasteiger charge is 2.15. The Labute approximate surface area is 184 Å². The van der Waals surface area contributed by atoms with Crippen LogP contribution in [0.1, 0.15) is 48.0 Å². The lowest BCUT2D eigenvalue weighted by Gasteiger charge is -2.23. The van der Waals surface area contributed by atoms with Crippen LogP contribution in [0.3, 0.4) is 0 Å². The van der Waals surface area contributed by atoms with Gasteiger partial charge in [-0.2, -0.15) is 0 Å². The lowest BCUT2D eigenvalue weighted by Crippen LogP contribution is -2.45. The molecule has 7 nitrogen and oxygen atoms in total. The van der Waals surface area contributed by atoms with Crippen LogP contribution in [-0.2, 0) is 11.3 Å². The molecule has 3 N–H and O–H groups in total. The van der Waals surface area contributed by atoms with Crippen LogP contribution in [0, 0.1) is 0 Å². The second kappa shape index (κ2) is 12.6. The van der Waals surface area contributed by atoms with E-state index in [0.717, 1.165) is 18.4 Å². The third-order valence-corrected chi connectivity index (χ3v) is 4.68. The third-order valence-electron chi connectivity index (χ3n) is 4.68. The molecular formula is C20H32IN5O2. The first kappa shape index (κ1) is 24.2. The molecule has 0 spiro atoms. The molecular weight excluding hydrogens is 469 g/mol. The Kier molecular flexibility index (Phi) is 10.9. The summed E-state index contributed by atoms with van der Waals surface area (Å²) in [4.78, 5) is 29.7. The monoisotopic (exact) mass is 501 g/mol. The Morgan fingerprint density at radius 1 is 1.07 bits per heavy atom. The summed E-state index contributed by atoms with van der Waals surface area (Å²) >= 11 is 0. The van der Waals surface area contributed by atoms with Gasteiger partial charge in [0, 0.05) is 39.3 Å². The number of carbonyl (C=O) groups is 2. The van der Waals surface area contributed by atoms with E-state index in [4.69, 9.17) is 0 Å². The van der Waals surface area contributed by atoms with Gasteiger partial charge in [0.25, 0.3) is 5.91 Å². The SMILES string of the molecule is CN=C(NCC(=O)NC1CCCCC1)NCc1ccc(C(=O)N(C)C)cc1.I. The minimum atomic E-state index is -0.0176. The number of guanidine groups is 1. The summed E-state index contributed by atoms with van der Waals surface area (Å²) in [6, 6.07) is 7.76. The fraction of sp³-hybridized carbons (Fsp3) is 0.550. The third kappa shape index (κ3) is 8.04. The quantitative estimate of drug-likeness (QED) is 0.317. The number of nitrogens with zero attached hydrogens (tertiary/aromatic N) is 2. The van der Waals surface area contributed by atoms with Crippen molar-refractivity contribution in [3.8, 4) is 0 Å². The molecule has 0 bridgehead atoms. The first-order valence-electron chi connectivity index (χ1n) is 9.54. The van der Waals surface area contributed by atoms with Crippen LogP contribution >= 0.6 is 24.0 Å².